The Morgan fingerprint density at radius 3 is 2.79 bits per heavy atom. The van der Waals surface area contributed by atoms with Gasteiger partial charge in [0.25, 0.3) is 0 Å². The zero-order valence-electron chi connectivity index (χ0n) is 11.4. The summed E-state index contributed by atoms with van der Waals surface area (Å²) in [5.74, 6) is 0.584. The summed E-state index contributed by atoms with van der Waals surface area (Å²) in [5.41, 5.74) is 0.805. The molecule has 1 unspecified atom stereocenters. The minimum atomic E-state index is 0.0252. The van der Waals surface area contributed by atoms with E-state index >= 15 is 0 Å². The topological polar surface area (TPSA) is 62.5 Å². The molecule has 0 aromatic carbocycles. The smallest absolute Gasteiger partial charge is 0.243 e. The van der Waals surface area contributed by atoms with Gasteiger partial charge in [-0.1, -0.05) is 20.8 Å². The molecule has 1 atom stereocenters. The summed E-state index contributed by atoms with van der Waals surface area (Å²) in [6, 6.07) is 3.96. The highest BCUT2D eigenvalue weighted by Gasteiger charge is 2.25. The van der Waals surface area contributed by atoms with Crippen molar-refractivity contribution in [1.82, 2.24) is 14.6 Å². The van der Waals surface area contributed by atoms with E-state index in [9.17, 15) is 0 Å². The zero-order valence-corrected chi connectivity index (χ0v) is 13.0. The van der Waals surface area contributed by atoms with Crippen molar-refractivity contribution in [3.63, 3.8) is 0 Å². The molecule has 2 aromatic heterocycles. The molecule has 0 saturated heterocycles. The Morgan fingerprint density at radius 1 is 1.47 bits per heavy atom. The summed E-state index contributed by atoms with van der Waals surface area (Å²) in [6.07, 6.45) is 2.52. The van der Waals surface area contributed by atoms with Crippen LogP contribution in [0, 0.1) is 5.41 Å². The van der Waals surface area contributed by atoms with Crippen molar-refractivity contribution in [3.8, 4) is 0 Å². The van der Waals surface area contributed by atoms with E-state index < -0.39 is 0 Å². The molecule has 0 aliphatic carbocycles. The highest BCUT2D eigenvalue weighted by atomic mass is 79.9. The minimum absolute atomic E-state index is 0.0252. The van der Waals surface area contributed by atoms with Crippen LogP contribution in [0.2, 0.25) is 0 Å². The largest absolute Gasteiger partial charge is 0.396 e. The van der Waals surface area contributed by atoms with Crippen LogP contribution in [0.15, 0.2) is 22.8 Å². The van der Waals surface area contributed by atoms with Crippen LogP contribution in [0.4, 0.5) is 5.95 Å². The first kappa shape index (κ1) is 14.3. The maximum atomic E-state index is 9.17. The number of nitrogens with one attached hydrogen (secondary N) is 1. The molecular weight excluding hydrogens is 308 g/mol. The van der Waals surface area contributed by atoms with Gasteiger partial charge < -0.3 is 10.4 Å². The number of hydrogen-bond donors (Lipinski definition) is 2. The Morgan fingerprint density at radius 2 is 2.21 bits per heavy atom. The van der Waals surface area contributed by atoms with Crippen LogP contribution in [-0.4, -0.2) is 32.4 Å². The number of anilines is 1. The fraction of sp³-hybridized carbons (Fsp3) is 0.538. The van der Waals surface area contributed by atoms with Gasteiger partial charge in [0.15, 0.2) is 5.65 Å². The zero-order chi connectivity index (χ0) is 14.0. The predicted octanol–water partition coefficient (Wildman–Crippen LogP) is 2.70. The minimum Gasteiger partial charge on any atom is -0.396 e. The van der Waals surface area contributed by atoms with E-state index in [-0.39, 0.29) is 18.1 Å². The third kappa shape index (κ3) is 3.25. The van der Waals surface area contributed by atoms with Crippen LogP contribution in [0.25, 0.3) is 5.65 Å². The molecule has 0 saturated carbocycles. The number of nitrogens with zero attached hydrogens (tertiary/aromatic N) is 3. The summed E-state index contributed by atoms with van der Waals surface area (Å²) in [7, 11) is 0. The Hall–Kier alpha value is -1.14. The quantitative estimate of drug-likeness (QED) is 0.906. The molecule has 0 amide bonds. The van der Waals surface area contributed by atoms with Crippen LogP contribution < -0.4 is 5.32 Å². The summed E-state index contributed by atoms with van der Waals surface area (Å²) in [4.78, 5) is 4.46. The molecule has 2 heterocycles. The molecular formula is C13H19BrN4O. The monoisotopic (exact) mass is 326 g/mol. The normalized spacial score (nSPS) is 13.7. The van der Waals surface area contributed by atoms with Gasteiger partial charge in [-0.2, -0.15) is 4.98 Å². The first-order valence-corrected chi connectivity index (χ1v) is 7.09. The number of halogens is 1. The molecule has 6 heteroatoms. The fourth-order valence-electron chi connectivity index (χ4n) is 1.94. The van der Waals surface area contributed by atoms with Gasteiger partial charge in [0.1, 0.15) is 0 Å². The summed E-state index contributed by atoms with van der Waals surface area (Å²) in [6.45, 7) is 6.54. The average molecular weight is 327 g/mol. The molecule has 2 aromatic rings. The van der Waals surface area contributed by atoms with Crippen molar-refractivity contribution < 1.29 is 5.11 Å². The third-order valence-corrected chi connectivity index (χ3v) is 3.70. The highest BCUT2D eigenvalue weighted by molar-refractivity contribution is 9.10. The Kier molecular flexibility index (Phi) is 4.10. The molecule has 0 fully saturated rings. The number of rotatable bonds is 4. The number of aromatic nitrogens is 3. The van der Waals surface area contributed by atoms with Crippen molar-refractivity contribution in [3.05, 3.63) is 22.8 Å². The van der Waals surface area contributed by atoms with Crippen molar-refractivity contribution in [2.45, 2.75) is 33.2 Å². The lowest BCUT2D eigenvalue weighted by molar-refractivity contribution is 0.235. The lowest BCUT2D eigenvalue weighted by Crippen LogP contribution is -2.35. The first-order valence-electron chi connectivity index (χ1n) is 6.30. The van der Waals surface area contributed by atoms with Crippen LogP contribution in [-0.2, 0) is 0 Å². The summed E-state index contributed by atoms with van der Waals surface area (Å²) in [5, 5.41) is 16.9. The summed E-state index contributed by atoms with van der Waals surface area (Å²) >= 11 is 3.46. The number of pyridine rings is 1. The predicted molar refractivity (Wildman–Crippen MR) is 79.3 cm³/mol. The Balaban J connectivity index is 2.27. The maximum Gasteiger partial charge on any atom is 0.243 e. The van der Waals surface area contributed by atoms with Gasteiger partial charge in [0, 0.05) is 18.8 Å². The first-order chi connectivity index (χ1) is 8.91. The van der Waals surface area contributed by atoms with E-state index in [0.717, 1.165) is 10.1 Å². The molecule has 0 bridgehead atoms. The molecule has 19 heavy (non-hydrogen) atoms. The second-order valence-corrected chi connectivity index (χ2v) is 6.49. The number of hydrogen-bond acceptors (Lipinski definition) is 4. The lowest BCUT2D eigenvalue weighted by atomic mass is 9.85. The molecule has 0 radical (unpaired) electrons. The van der Waals surface area contributed by atoms with Crippen LogP contribution in [0.3, 0.4) is 0 Å². The fourth-order valence-corrected chi connectivity index (χ4v) is 2.36. The van der Waals surface area contributed by atoms with E-state index in [4.69, 9.17) is 5.11 Å². The van der Waals surface area contributed by atoms with Gasteiger partial charge in [-0.3, -0.25) is 0 Å². The number of aliphatic hydroxyl groups excluding tert-OH is 1. The van der Waals surface area contributed by atoms with E-state index in [0.29, 0.717) is 12.4 Å². The van der Waals surface area contributed by atoms with Crippen molar-refractivity contribution >= 4 is 27.5 Å². The molecule has 0 aliphatic rings. The third-order valence-electron chi connectivity index (χ3n) is 3.08. The van der Waals surface area contributed by atoms with Gasteiger partial charge in [-0.05, 0) is 39.9 Å². The van der Waals surface area contributed by atoms with Gasteiger partial charge in [-0.25, -0.2) is 4.52 Å². The van der Waals surface area contributed by atoms with Crippen LogP contribution in [0.5, 0.6) is 0 Å². The molecule has 104 valence electrons. The van der Waals surface area contributed by atoms with E-state index in [1.54, 1.807) is 4.52 Å². The second kappa shape index (κ2) is 5.46. The van der Waals surface area contributed by atoms with Crippen molar-refractivity contribution in [1.29, 1.82) is 0 Å². The second-order valence-electron chi connectivity index (χ2n) is 5.63. The number of aliphatic hydroxyl groups is 1. The van der Waals surface area contributed by atoms with Gasteiger partial charge >= 0.3 is 0 Å². The Labute approximate surface area is 121 Å². The van der Waals surface area contributed by atoms with E-state index in [1.165, 1.54) is 0 Å². The highest BCUT2D eigenvalue weighted by Crippen LogP contribution is 2.25. The van der Waals surface area contributed by atoms with Crippen molar-refractivity contribution in [2.75, 3.05) is 11.9 Å². The SMILES string of the molecule is CC(C)(C)C(CCO)Nc1nc2c(Br)cccn2n1. The van der Waals surface area contributed by atoms with E-state index in [2.05, 4.69) is 52.1 Å². The molecule has 5 nitrogen and oxygen atoms in total. The summed E-state index contributed by atoms with van der Waals surface area (Å²) < 4.78 is 2.63. The van der Waals surface area contributed by atoms with Crippen LogP contribution >= 0.6 is 15.9 Å². The molecule has 0 spiro atoms. The van der Waals surface area contributed by atoms with Crippen LogP contribution in [0.1, 0.15) is 27.2 Å². The molecule has 2 N–H and O–H groups in total. The number of fused-ring (bicyclic) bond motifs is 1. The van der Waals surface area contributed by atoms with E-state index in [1.807, 2.05) is 18.3 Å². The molecule has 0 aliphatic heterocycles. The standard InChI is InChI=1S/C13H19BrN4O/c1-13(2,3)10(6-8-19)15-12-16-11-9(14)5-4-7-18(11)17-12/h4-5,7,10,19H,6,8H2,1-3H3,(H,15,17). The van der Waals surface area contributed by atoms with Gasteiger partial charge in [0.2, 0.25) is 5.95 Å². The lowest BCUT2D eigenvalue weighted by Gasteiger charge is -2.30. The maximum absolute atomic E-state index is 9.17. The average Bonchev–Trinajstić information content (AvgIpc) is 2.71. The van der Waals surface area contributed by atoms with Crippen molar-refractivity contribution in [2.24, 2.45) is 5.41 Å². The van der Waals surface area contributed by atoms with Gasteiger partial charge in [-0.15, -0.1) is 5.10 Å². The van der Waals surface area contributed by atoms with Gasteiger partial charge in [0.05, 0.1) is 4.47 Å². The Bertz CT molecular complexity index is 561. The molecule has 2 rings (SSSR count).